The smallest absolute Gasteiger partial charge is 0.255 e. The number of aromatic nitrogens is 1. The van der Waals surface area contributed by atoms with Crippen LogP contribution in [0.4, 0.5) is 11.4 Å². The Morgan fingerprint density at radius 3 is 2.76 bits per heavy atom. The van der Waals surface area contributed by atoms with E-state index in [1.165, 1.54) is 0 Å². The first kappa shape index (κ1) is 18.5. The minimum atomic E-state index is -0.192. The zero-order chi connectivity index (χ0) is 20.2. The highest BCUT2D eigenvalue weighted by Crippen LogP contribution is 2.27. The maximum atomic E-state index is 12.7. The van der Waals surface area contributed by atoms with Gasteiger partial charge in [0.05, 0.1) is 0 Å². The number of amides is 2. The summed E-state index contributed by atoms with van der Waals surface area (Å²) in [4.78, 5) is 30.3. The van der Waals surface area contributed by atoms with Crippen molar-refractivity contribution < 1.29 is 9.59 Å². The summed E-state index contributed by atoms with van der Waals surface area (Å²) >= 11 is 0. The highest BCUT2D eigenvalue weighted by molar-refractivity contribution is 6.05. The molecule has 0 atom stereocenters. The molecule has 0 radical (unpaired) electrons. The average Bonchev–Trinajstić information content (AvgIpc) is 2.76. The number of hydrogen-bond acceptors (Lipinski definition) is 3. The maximum Gasteiger partial charge on any atom is 0.255 e. The van der Waals surface area contributed by atoms with Gasteiger partial charge in [-0.25, -0.2) is 4.98 Å². The highest BCUT2D eigenvalue weighted by atomic mass is 16.2. The van der Waals surface area contributed by atoms with Gasteiger partial charge in [-0.3, -0.25) is 9.59 Å². The molecular weight excluding hydrogens is 362 g/mol. The monoisotopic (exact) mass is 381 g/mol. The molecule has 2 aromatic carbocycles. The number of carbonyl (C=O) groups is 2. The van der Waals surface area contributed by atoms with Crippen LogP contribution in [0.1, 0.15) is 33.6 Å². The number of aryl methyl sites for hydroxylation is 1. The van der Waals surface area contributed by atoms with E-state index >= 15 is 0 Å². The van der Waals surface area contributed by atoms with Crippen molar-refractivity contribution in [3.05, 3.63) is 89.2 Å². The molecule has 2 heterocycles. The number of nitrogens with zero attached hydrogens (tertiary/aromatic N) is 2. The molecule has 1 aliphatic rings. The topological polar surface area (TPSA) is 62.3 Å². The number of hydrogen-bond donors (Lipinski definition) is 1. The summed E-state index contributed by atoms with van der Waals surface area (Å²) < 4.78 is 0. The summed E-state index contributed by atoms with van der Waals surface area (Å²) in [5.74, 6) is 5.98. The van der Waals surface area contributed by atoms with Gasteiger partial charge < -0.3 is 10.2 Å². The summed E-state index contributed by atoms with van der Waals surface area (Å²) in [5, 5.41) is 2.92. The van der Waals surface area contributed by atoms with Crippen molar-refractivity contribution in [2.24, 2.45) is 0 Å². The molecule has 0 saturated heterocycles. The van der Waals surface area contributed by atoms with Crippen LogP contribution >= 0.6 is 0 Å². The molecule has 0 saturated carbocycles. The lowest BCUT2D eigenvalue weighted by Gasteiger charge is -2.26. The predicted octanol–water partition coefficient (Wildman–Crippen LogP) is 3.64. The molecule has 1 aromatic heterocycles. The van der Waals surface area contributed by atoms with E-state index in [0.29, 0.717) is 29.8 Å². The number of nitrogens with one attached hydrogen (secondary N) is 1. The van der Waals surface area contributed by atoms with Gasteiger partial charge in [0.2, 0.25) is 5.91 Å². The number of anilines is 2. The van der Waals surface area contributed by atoms with Crippen LogP contribution in [0.3, 0.4) is 0 Å². The molecule has 3 aromatic rings. The first-order chi connectivity index (χ1) is 14.1. The Balaban J connectivity index is 1.51. The zero-order valence-corrected chi connectivity index (χ0v) is 16.0. The molecule has 0 unspecified atom stereocenters. The van der Waals surface area contributed by atoms with Gasteiger partial charge >= 0.3 is 0 Å². The lowest BCUT2D eigenvalue weighted by atomic mass is 9.99. The Morgan fingerprint density at radius 1 is 1.03 bits per heavy atom. The van der Waals surface area contributed by atoms with Gasteiger partial charge in [0.1, 0.15) is 5.69 Å². The fourth-order valence-electron chi connectivity index (χ4n) is 3.25. The number of pyridine rings is 1. The van der Waals surface area contributed by atoms with Crippen molar-refractivity contribution in [2.75, 3.05) is 17.3 Å². The minimum Gasteiger partial charge on any atom is -0.322 e. The van der Waals surface area contributed by atoms with E-state index in [4.69, 9.17) is 0 Å². The van der Waals surface area contributed by atoms with Crippen LogP contribution in [-0.2, 0) is 11.2 Å². The molecule has 1 N–H and O–H groups in total. The van der Waals surface area contributed by atoms with Gasteiger partial charge in [0.15, 0.2) is 0 Å². The fraction of sp³-hybridized carbons (Fsp3) is 0.125. The molecule has 0 bridgehead atoms. The molecular formula is C24H19N3O2. The Kier molecular flexibility index (Phi) is 5.08. The van der Waals surface area contributed by atoms with E-state index in [2.05, 4.69) is 22.1 Å². The van der Waals surface area contributed by atoms with Crippen LogP contribution in [0.5, 0.6) is 0 Å². The van der Waals surface area contributed by atoms with Gasteiger partial charge in [-0.1, -0.05) is 18.1 Å². The van der Waals surface area contributed by atoms with Gasteiger partial charge in [-0.05, 0) is 66.4 Å². The molecule has 1 aliphatic heterocycles. The zero-order valence-electron chi connectivity index (χ0n) is 16.0. The second-order valence-electron chi connectivity index (χ2n) is 6.80. The molecule has 5 nitrogen and oxygen atoms in total. The van der Waals surface area contributed by atoms with E-state index < -0.39 is 0 Å². The van der Waals surface area contributed by atoms with Gasteiger partial charge in [0, 0.05) is 42.2 Å². The van der Waals surface area contributed by atoms with Gasteiger partial charge in [-0.2, -0.15) is 0 Å². The molecule has 0 fully saturated rings. The van der Waals surface area contributed by atoms with E-state index in [1.807, 2.05) is 54.6 Å². The number of rotatable bonds is 2. The molecule has 0 spiro atoms. The average molecular weight is 381 g/mol. The quantitative estimate of drug-likeness (QED) is 0.690. The predicted molar refractivity (Wildman–Crippen MR) is 113 cm³/mol. The van der Waals surface area contributed by atoms with Crippen molar-refractivity contribution >= 4 is 23.2 Å². The Labute approximate surface area is 169 Å². The van der Waals surface area contributed by atoms with Crippen LogP contribution in [0.15, 0.2) is 66.9 Å². The second kappa shape index (κ2) is 7.99. The van der Waals surface area contributed by atoms with Crippen molar-refractivity contribution in [1.82, 2.24) is 4.98 Å². The number of benzene rings is 2. The van der Waals surface area contributed by atoms with Gasteiger partial charge in [0.25, 0.3) is 5.91 Å². The van der Waals surface area contributed by atoms with Gasteiger partial charge in [-0.15, -0.1) is 0 Å². The van der Waals surface area contributed by atoms with E-state index in [9.17, 15) is 9.59 Å². The summed E-state index contributed by atoms with van der Waals surface area (Å²) in [5.41, 5.74) is 4.60. The normalized spacial score (nSPS) is 12.6. The molecule has 2 amide bonds. The summed E-state index contributed by atoms with van der Waals surface area (Å²) in [6.07, 6.45) is 2.82. The van der Waals surface area contributed by atoms with Crippen LogP contribution in [0.25, 0.3) is 0 Å². The standard InChI is InChI=1S/C24H19N3O2/c1-27-22-12-9-19(16-18(22)10-13-23(27)28)24(29)26-21-7-4-5-17(15-21)8-11-20-6-2-3-14-25-20/h2-7,9,12,14-16H,10,13H2,1H3,(H,26,29). The maximum absolute atomic E-state index is 12.7. The Morgan fingerprint density at radius 2 is 1.93 bits per heavy atom. The van der Waals surface area contributed by atoms with E-state index in [-0.39, 0.29) is 11.8 Å². The Hall–Kier alpha value is -3.91. The minimum absolute atomic E-state index is 0.0957. The summed E-state index contributed by atoms with van der Waals surface area (Å²) in [6, 6.07) is 18.4. The number of carbonyl (C=O) groups excluding carboxylic acids is 2. The van der Waals surface area contributed by atoms with Crippen molar-refractivity contribution in [2.45, 2.75) is 12.8 Å². The third kappa shape index (κ3) is 4.17. The Bertz CT molecular complexity index is 1140. The first-order valence-corrected chi connectivity index (χ1v) is 9.34. The molecule has 5 heteroatoms. The molecule has 142 valence electrons. The fourth-order valence-corrected chi connectivity index (χ4v) is 3.25. The largest absolute Gasteiger partial charge is 0.322 e. The van der Waals surface area contributed by atoms with E-state index in [0.717, 1.165) is 16.8 Å². The SMILES string of the molecule is CN1C(=O)CCc2cc(C(=O)Nc3cccc(C#Cc4ccccn4)c3)ccc21. The van der Waals surface area contributed by atoms with Crippen molar-refractivity contribution in [3.63, 3.8) is 0 Å². The first-order valence-electron chi connectivity index (χ1n) is 9.34. The molecule has 4 rings (SSSR count). The third-order valence-electron chi connectivity index (χ3n) is 4.81. The van der Waals surface area contributed by atoms with Crippen molar-refractivity contribution in [1.29, 1.82) is 0 Å². The van der Waals surface area contributed by atoms with Crippen LogP contribution < -0.4 is 10.2 Å². The van der Waals surface area contributed by atoms with E-state index in [1.54, 1.807) is 24.2 Å². The lowest BCUT2D eigenvalue weighted by Crippen LogP contribution is -2.31. The third-order valence-corrected chi connectivity index (χ3v) is 4.81. The second-order valence-corrected chi connectivity index (χ2v) is 6.80. The lowest BCUT2D eigenvalue weighted by molar-refractivity contribution is -0.118. The molecule has 29 heavy (non-hydrogen) atoms. The summed E-state index contributed by atoms with van der Waals surface area (Å²) in [6.45, 7) is 0. The molecule has 0 aliphatic carbocycles. The van der Waals surface area contributed by atoms with Crippen LogP contribution in [0, 0.1) is 11.8 Å². The van der Waals surface area contributed by atoms with Crippen molar-refractivity contribution in [3.8, 4) is 11.8 Å². The number of fused-ring (bicyclic) bond motifs is 1. The van der Waals surface area contributed by atoms with Crippen LogP contribution in [-0.4, -0.2) is 23.8 Å². The summed E-state index contributed by atoms with van der Waals surface area (Å²) in [7, 11) is 1.76. The highest BCUT2D eigenvalue weighted by Gasteiger charge is 2.21. The van der Waals surface area contributed by atoms with Crippen LogP contribution in [0.2, 0.25) is 0 Å².